The molecule has 1 aromatic carbocycles. The number of nitrogens with two attached hydrogens (primary N) is 1. The zero-order valence-electron chi connectivity index (χ0n) is 11.7. The summed E-state index contributed by atoms with van der Waals surface area (Å²) >= 11 is 0. The molecule has 1 heterocycles. The number of hydrogen-bond donors (Lipinski definition) is 1. The van der Waals surface area contributed by atoms with Gasteiger partial charge in [0.05, 0.1) is 5.52 Å². The van der Waals surface area contributed by atoms with E-state index in [9.17, 15) is 0 Å². The number of rotatable bonds is 6. The van der Waals surface area contributed by atoms with E-state index in [1.54, 1.807) is 7.11 Å². The van der Waals surface area contributed by atoms with Crippen molar-refractivity contribution in [2.75, 3.05) is 13.7 Å². The maximum atomic E-state index is 6.19. The van der Waals surface area contributed by atoms with Gasteiger partial charge in [0.25, 0.3) is 0 Å². The number of methoxy groups -OCH3 is 1. The second-order valence-electron chi connectivity index (χ2n) is 5.26. The van der Waals surface area contributed by atoms with Gasteiger partial charge in [-0.15, -0.1) is 0 Å². The number of pyridine rings is 1. The number of nitrogens with zero attached hydrogens (tertiary/aromatic N) is 1. The molecule has 0 aliphatic heterocycles. The van der Waals surface area contributed by atoms with Gasteiger partial charge in [-0.1, -0.05) is 31.2 Å². The predicted molar refractivity (Wildman–Crippen MR) is 79.1 cm³/mol. The van der Waals surface area contributed by atoms with E-state index < -0.39 is 0 Å². The first-order chi connectivity index (χ1) is 9.19. The molecule has 2 aromatic rings. The van der Waals surface area contributed by atoms with Crippen molar-refractivity contribution in [3.8, 4) is 0 Å². The highest BCUT2D eigenvalue weighted by molar-refractivity contribution is 5.78. The molecule has 0 bridgehead atoms. The van der Waals surface area contributed by atoms with Gasteiger partial charge < -0.3 is 10.5 Å². The number of fused-ring (bicyclic) bond motifs is 1. The van der Waals surface area contributed by atoms with Crippen molar-refractivity contribution in [1.82, 2.24) is 4.98 Å². The lowest BCUT2D eigenvalue weighted by molar-refractivity contribution is 0.152. The Morgan fingerprint density at radius 2 is 2.00 bits per heavy atom. The third-order valence-electron chi connectivity index (χ3n) is 3.28. The first-order valence-electron chi connectivity index (χ1n) is 6.78. The number of aromatic nitrogens is 1. The Kier molecular flexibility index (Phi) is 4.88. The lowest BCUT2D eigenvalue weighted by Gasteiger charge is -2.16. The van der Waals surface area contributed by atoms with Crippen LogP contribution < -0.4 is 5.73 Å². The molecule has 0 spiro atoms. The van der Waals surface area contributed by atoms with E-state index in [0.29, 0.717) is 5.92 Å². The van der Waals surface area contributed by atoms with Gasteiger partial charge in [0.15, 0.2) is 0 Å². The van der Waals surface area contributed by atoms with Gasteiger partial charge in [-0.2, -0.15) is 0 Å². The Morgan fingerprint density at radius 1 is 1.21 bits per heavy atom. The van der Waals surface area contributed by atoms with Crippen molar-refractivity contribution in [2.24, 2.45) is 11.7 Å². The molecule has 0 aliphatic rings. The average Bonchev–Trinajstić information content (AvgIpc) is 2.38. The summed E-state index contributed by atoms with van der Waals surface area (Å²) in [6.45, 7) is 2.93. The molecule has 0 amide bonds. The highest BCUT2D eigenvalue weighted by Gasteiger charge is 2.10. The van der Waals surface area contributed by atoms with Crippen molar-refractivity contribution in [3.63, 3.8) is 0 Å². The van der Waals surface area contributed by atoms with E-state index in [0.717, 1.165) is 30.7 Å². The lowest BCUT2D eigenvalue weighted by Crippen LogP contribution is -2.27. The summed E-state index contributed by atoms with van der Waals surface area (Å²) in [4.78, 5) is 4.66. The molecule has 0 fully saturated rings. The van der Waals surface area contributed by atoms with Gasteiger partial charge in [0, 0.05) is 37.3 Å². The summed E-state index contributed by atoms with van der Waals surface area (Å²) in [6.07, 6.45) is 1.78. The predicted octanol–water partition coefficient (Wildman–Crippen LogP) is 2.78. The van der Waals surface area contributed by atoms with Crippen LogP contribution in [0.4, 0.5) is 0 Å². The summed E-state index contributed by atoms with van der Waals surface area (Å²) in [7, 11) is 1.73. The van der Waals surface area contributed by atoms with Crippen molar-refractivity contribution in [1.29, 1.82) is 0 Å². The molecule has 102 valence electrons. The van der Waals surface area contributed by atoms with Gasteiger partial charge in [0.2, 0.25) is 0 Å². The fourth-order valence-corrected chi connectivity index (χ4v) is 2.44. The van der Waals surface area contributed by atoms with Crippen LogP contribution in [-0.4, -0.2) is 24.7 Å². The zero-order valence-corrected chi connectivity index (χ0v) is 11.7. The Labute approximate surface area is 114 Å². The number of para-hydroxylation sites is 1. The summed E-state index contributed by atoms with van der Waals surface area (Å²) in [5.74, 6) is 0.487. The molecule has 0 saturated carbocycles. The van der Waals surface area contributed by atoms with Crippen molar-refractivity contribution in [3.05, 3.63) is 42.1 Å². The first-order valence-corrected chi connectivity index (χ1v) is 6.78. The van der Waals surface area contributed by atoms with Gasteiger partial charge in [-0.25, -0.2) is 0 Å². The Hall–Kier alpha value is -1.45. The Morgan fingerprint density at radius 3 is 2.79 bits per heavy atom. The Bertz CT molecular complexity index is 527. The highest BCUT2D eigenvalue weighted by atomic mass is 16.5. The normalized spacial score (nSPS) is 14.5. The van der Waals surface area contributed by atoms with Crippen LogP contribution in [0.15, 0.2) is 36.4 Å². The van der Waals surface area contributed by atoms with Crippen LogP contribution in [0, 0.1) is 5.92 Å². The fourth-order valence-electron chi connectivity index (χ4n) is 2.44. The van der Waals surface area contributed by atoms with Crippen LogP contribution >= 0.6 is 0 Å². The minimum atomic E-state index is 0.138. The molecule has 3 heteroatoms. The van der Waals surface area contributed by atoms with E-state index >= 15 is 0 Å². The molecule has 0 saturated heterocycles. The zero-order chi connectivity index (χ0) is 13.7. The number of hydrogen-bond acceptors (Lipinski definition) is 3. The second-order valence-corrected chi connectivity index (χ2v) is 5.26. The molecule has 2 rings (SSSR count). The summed E-state index contributed by atoms with van der Waals surface area (Å²) in [5, 5.41) is 1.17. The molecular formula is C16H22N2O. The third kappa shape index (κ3) is 4.01. The smallest absolute Gasteiger partial charge is 0.0705 e. The second kappa shape index (κ2) is 6.64. The number of benzene rings is 1. The molecule has 2 N–H and O–H groups in total. The topological polar surface area (TPSA) is 48.1 Å². The molecule has 19 heavy (non-hydrogen) atoms. The maximum absolute atomic E-state index is 6.19. The van der Waals surface area contributed by atoms with Gasteiger partial charge in [0.1, 0.15) is 0 Å². The largest absolute Gasteiger partial charge is 0.384 e. The lowest BCUT2D eigenvalue weighted by atomic mass is 9.99. The van der Waals surface area contributed by atoms with Gasteiger partial charge in [-0.05, 0) is 24.5 Å². The number of ether oxygens (including phenoxy) is 1. The summed E-state index contributed by atoms with van der Waals surface area (Å²) < 4.78 is 5.14. The van der Waals surface area contributed by atoms with Crippen LogP contribution in [0.3, 0.4) is 0 Å². The van der Waals surface area contributed by atoms with Crippen LogP contribution in [0.25, 0.3) is 10.9 Å². The van der Waals surface area contributed by atoms with E-state index in [1.807, 2.05) is 18.2 Å². The highest BCUT2D eigenvalue weighted by Crippen LogP contribution is 2.14. The maximum Gasteiger partial charge on any atom is 0.0705 e. The minimum Gasteiger partial charge on any atom is -0.384 e. The molecule has 1 aromatic heterocycles. The summed E-state index contributed by atoms with van der Waals surface area (Å²) in [6, 6.07) is 12.5. The quantitative estimate of drug-likeness (QED) is 0.866. The van der Waals surface area contributed by atoms with E-state index in [1.165, 1.54) is 5.39 Å². The average molecular weight is 258 g/mol. The standard InChI is InChI=1S/C16H22N2O/c1-12(11-19-2)9-14(17)10-15-8-7-13-5-3-4-6-16(13)18-15/h3-8,12,14H,9-11,17H2,1-2H3. The fraction of sp³-hybridized carbons (Fsp3) is 0.438. The van der Waals surface area contributed by atoms with Crippen LogP contribution in [0.1, 0.15) is 19.0 Å². The molecule has 0 aliphatic carbocycles. The third-order valence-corrected chi connectivity index (χ3v) is 3.28. The van der Waals surface area contributed by atoms with Gasteiger partial charge >= 0.3 is 0 Å². The van der Waals surface area contributed by atoms with Crippen molar-refractivity contribution >= 4 is 10.9 Å². The molecule has 3 nitrogen and oxygen atoms in total. The van der Waals surface area contributed by atoms with Crippen molar-refractivity contribution < 1.29 is 4.74 Å². The van der Waals surface area contributed by atoms with Gasteiger partial charge in [-0.3, -0.25) is 4.98 Å². The van der Waals surface area contributed by atoms with E-state index in [-0.39, 0.29) is 6.04 Å². The Balaban J connectivity index is 2.00. The van der Waals surface area contributed by atoms with E-state index in [4.69, 9.17) is 10.5 Å². The SMILES string of the molecule is COCC(C)CC(N)Cc1ccc2ccccc2n1. The van der Waals surface area contributed by atoms with Crippen molar-refractivity contribution in [2.45, 2.75) is 25.8 Å². The van der Waals surface area contributed by atoms with Crippen LogP contribution in [0.2, 0.25) is 0 Å². The van der Waals surface area contributed by atoms with E-state index in [2.05, 4.69) is 30.1 Å². The first kappa shape index (κ1) is 14.0. The molecule has 0 radical (unpaired) electrons. The van der Waals surface area contributed by atoms with Crippen LogP contribution in [-0.2, 0) is 11.2 Å². The molecule has 2 atom stereocenters. The minimum absolute atomic E-state index is 0.138. The summed E-state index contributed by atoms with van der Waals surface area (Å²) in [5.41, 5.74) is 8.29. The monoisotopic (exact) mass is 258 g/mol. The van der Waals surface area contributed by atoms with Crippen LogP contribution in [0.5, 0.6) is 0 Å². The molecule has 2 unspecified atom stereocenters. The molecular weight excluding hydrogens is 236 g/mol.